The van der Waals surface area contributed by atoms with Crippen molar-refractivity contribution in [1.82, 2.24) is 5.32 Å². The molecule has 0 spiro atoms. The number of carbonyl (C=O) groups is 1. The number of hydrogen-bond acceptors (Lipinski definition) is 4. The Kier molecular flexibility index (Phi) is 6.02. The molecular formula is C14H23N3OS. The lowest BCUT2D eigenvalue weighted by atomic mass is 10.1. The van der Waals surface area contributed by atoms with Crippen molar-refractivity contribution in [2.24, 2.45) is 0 Å². The van der Waals surface area contributed by atoms with Crippen LogP contribution in [0.5, 0.6) is 0 Å². The zero-order chi connectivity index (χ0) is 14.4. The number of rotatable bonds is 6. The number of thioether (sulfide) groups is 1. The van der Waals surface area contributed by atoms with E-state index in [2.05, 4.69) is 23.4 Å². The van der Waals surface area contributed by atoms with E-state index in [-0.39, 0.29) is 5.91 Å². The van der Waals surface area contributed by atoms with Crippen molar-refractivity contribution in [2.75, 3.05) is 36.7 Å². The molecule has 0 aromatic heterocycles. The molecule has 0 heterocycles. The van der Waals surface area contributed by atoms with Crippen LogP contribution in [0.2, 0.25) is 0 Å². The molecule has 1 rings (SSSR count). The summed E-state index contributed by atoms with van der Waals surface area (Å²) in [4.78, 5) is 13.7. The fourth-order valence-corrected chi connectivity index (χ4v) is 2.46. The Morgan fingerprint density at radius 3 is 2.74 bits per heavy atom. The Morgan fingerprint density at radius 1 is 1.53 bits per heavy atom. The largest absolute Gasteiger partial charge is 0.397 e. The van der Waals surface area contributed by atoms with Crippen LogP contribution in [-0.4, -0.2) is 38.1 Å². The highest BCUT2D eigenvalue weighted by atomic mass is 32.2. The smallest absolute Gasteiger partial charge is 0.251 e. The standard InChI is InChI=1S/C14H23N3OS/c1-10(7-8-19-4)17(3)13-6-5-11(9-12(13)15)14(18)16-2/h5-6,9-10H,7-8,15H2,1-4H3,(H,16,18). The second kappa shape index (κ2) is 7.28. The van der Waals surface area contributed by atoms with Gasteiger partial charge in [0.2, 0.25) is 0 Å². The first-order valence-corrected chi connectivity index (χ1v) is 7.74. The third kappa shape index (κ3) is 4.06. The molecular weight excluding hydrogens is 258 g/mol. The lowest BCUT2D eigenvalue weighted by molar-refractivity contribution is 0.0963. The van der Waals surface area contributed by atoms with Gasteiger partial charge >= 0.3 is 0 Å². The zero-order valence-electron chi connectivity index (χ0n) is 12.1. The van der Waals surface area contributed by atoms with Crippen molar-refractivity contribution in [3.63, 3.8) is 0 Å². The van der Waals surface area contributed by atoms with Gasteiger partial charge in [0, 0.05) is 25.7 Å². The van der Waals surface area contributed by atoms with Crippen LogP contribution in [0, 0.1) is 0 Å². The predicted octanol–water partition coefficient (Wildman–Crippen LogP) is 2.21. The summed E-state index contributed by atoms with van der Waals surface area (Å²) >= 11 is 1.85. The summed E-state index contributed by atoms with van der Waals surface area (Å²) in [5.41, 5.74) is 8.26. The molecule has 106 valence electrons. The van der Waals surface area contributed by atoms with Crippen LogP contribution < -0.4 is 16.0 Å². The minimum Gasteiger partial charge on any atom is -0.397 e. The van der Waals surface area contributed by atoms with Crippen molar-refractivity contribution in [1.29, 1.82) is 0 Å². The first-order chi connectivity index (χ1) is 9.01. The van der Waals surface area contributed by atoms with Gasteiger partial charge < -0.3 is 16.0 Å². The minimum atomic E-state index is -0.115. The van der Waals surface area contributed by atoms with Crippen LogP contribution in [-0.2, 0) is 0 Å². The highest BCUT2D eigenvalue weighted by Gasteiger charge is 2.14. The molecule has 1 unspecified atom stereocenters. The molecule has 4 nitrogen and oxygen atoms in total. The van der Waals surface area contributed by atoms with E-state index in [1.807, 2.05) is 30.9 Å². The molecule has 0 saturated heterocycles. The number of nitrogens with two attached hydrogens (primary N) is 1. The van der Waals surface area contributed by atoms with E-state index in [4.69, 9.17) is 5.73 Å². The maximum absolute atomic E-state index is 11.5. The summed E-state index contributed by atoms with van der Waals surface area (Å²) in [5.74, 6) is 1.01. The Labute approximate surface area is 119 Å². The molecule has 1 amide bonds. The number of nitrogen functional groups attached to an aromatic ring is 1. The fourth-order valence-electron chi connectivity index (χ4n) is 1.88. The maximum Gasteiger partial charge on any atom is 0.251 e. The van der Waals surface area contributed by atoms with Gasteiger partial charge in [-0.2, -0.15) is 11.8 Å². The van der Waals surface area contributed by atoms with Crippen molar-refractivity contribution in [3.05, 3.63) is 23.8 Å². The van der Waals surface area contributed by atoms with E-state index >= 15 is 0 Å². The molecule has 19 heavy (non-hydrogen) atoms. The fraction of sp³-hybridized carbons (Fsp3) is 0.500. The second-order valence-corrected chi connectivity index (χ2v) is 5.58. The monoisotopic (exact) mass is 281 g/mol. The van der Waals surface area contributed by atoms with Gasteiger partial charge in [0.05, 0.1) is 11.4 Å². The van der Waals surface area contributed by atoms with E-state index in [0.717, 1.165) is 17.9 Å². The second-order valence-electron chi connectivity index (χ2n) is 4.59. The molecule has 0 aliphatic rings. The van der Waals surface area contributed by atoms with Gasteiger partial charge in [-0.1, -0.05) is 0 Å². The van der Waals surface area contributed by atoms with Gasteiger partial charge in [0.15, 0.2) is 0 Å². The summed E-state index contributed by atoms with van der Waals surface area (Å²) < 4.78 is 0. The molecule has 1 aromatic carbocycles. The first kappa shape index (κ1) is 15.7. The van der Waals surface area contributed by atoms with Crippen molar-refractivity contribution < 1.29 is 4.79 Å². The zero-order valence-corrected chi connectivity index (χ0v) is 12.9. The van der Waals surface area contributed by atoms with Crippen LogP contribution >= 0.6 is 11.8 Å². The van der Waals surface area contributed by atoms with Gasteiger partial charge in [0.25, 0.3) is 5.91 Å². The van der Waals surface area contributed by atoms with Crippen LogP contribution in [0.15, 0.2) is 18.2 Å². The number of carbonyl (C=O) groups excluding carboxylic acids is 1. The molecule has 1 atom stereocenters. The van der Waals surface area contributed by atoms with E-state index in [0.29, 0.717) is 17.3 Å². The maximum atomic E-state index is 11.5. The third-order valence-electron chi connectivity index (χ3n) is 3.30. The van der Waals surface area contributed by atoms with Crippen molar-refractivity contribution in [3.8, 4) is 0 Å². The quantitative estimate of drug-likeness (QED) is 0.785. The lowest BCUT2D eigenvalue weighted by Crippen LogP contribution is -2.30. The predicted molar refractivity (Wildman–Crippen MR) is 85.1 cm³/mol. The molecule has 1 aromatic rings. The van der Waals surface area contributed by atoms with Crippen LogP contribution in [0.3, 0.4) is 0 Å². The Bertz CT molecular complexity index is 437. The molecule has 5 heteroatoms. The van der Waals surface area contributed by atoms with Crippen molar-refractivity contribution >= 4 is 29.0 Å². The number of nitrogens with one attached hydrogen (secondary N) is 1. The number of hydrogen-bond donors (Lipinski definition) is 2. The van der Waals surface area contributed by atoms with Gasteiger partial charge in [-0.05, 0) is 43.6 Å². The van der Waals surface area contributed by atoms with Gasteiger partial charge in [-0.15, -0.1) is 0 Å². The van der Waals surface area contributed by atoms with E-state index in [1.165, 1.54) is 0 Å². The van der Waals surface area contributed by atoms with E-state index in [1.54, 1.807) is 13.1 Å². The molecule has 0 bridgehead atoms. The summed E-state index contributed by atoms with van der Waals surface area (Å²) in [6, 6.07) is 5.87. The molecule has 0 saturated carbocycles. The highest BCUT2D eigenvalue weighted by Crippen LogP contribution is 2.26. The number of anilines is 2. The third-order valence-corrected chi connectivity index (χ3v) is 3.94. The highest BCUT2D eigenvalue weighted by molar-refractivity contribution is 7.98. The Hall–Kier alpha value is -1.36. The average molecular weight is 281 g/mol. The first-order valence-electron chi connectivity index (χ1n) is 6.34. The number of benzene rings is 1. The topological polar surface area (TPSA) is 58.4 Å². The van der Waals surface area contributed by atoms with E-state index in [9.17, 15) is 4.79 Å². The number of amides is 1. The SMILES string of the molecule is CNC(=O)c1ccc(N(C)C(C)CCSC)c(N)c1. The van der Waals surface area contributed by atoms with Gasteiger partial charge in [-0.3, -0.25) is 4.79 Å². The van der Waals surface area contributed by atoms with E-state index < -0.39 is 0 Å². The van der Waals surface area contributed by atoms with Crippen LogP contribution in [0.25, 0.3) is 0 Å². The molecule has 0 fully saturated rings. The molecule has 0 radical (unpaired) electrons. The normalized spacial score (nSPS) is 12.0. The summed E-state index contributed by atoms with van der Waals surface area (Å²) in [6.45, 7) is 2.18. The van der Waals surface area contributed by atoms with Crippen molar-refractivity contribution in [2.45, 2.75) is 19.4 Å². The molecule has 3 N–H and O–H groups in total. The molecule has 0 aliphatic heterocycles. The lowest BCUT2D eigenvalue weighted by Gasteiger charge is -2.28. The molecule has 0 aliphatic carbocycles. The van der Waals surface area contributed by atoms with Crippen LogP contribution in [0.4, 0.5) is 11.4 Å². The summed E-state index contributed by atoms with van der Waals surface area (Å²) in [6.07, 6.45) is 3.22. The summed E-state index contributed by atoms with van der Waals surface area (Å²) in [7, 11) is 3.65. The Balaban J connectivity index is 2.86. The van der Waals surface area contributed by atoms with Crippen LogP contribution in [0.1, 0.15) is 23.7 Å². The summed E-state index contributed by atoms with van der Waals surface area (Å²) in [5, 5.41) is 2.60. The Morgan fingerprint density at radius 2 is 2.21 bits per heavy atom. The number of nitrogens with zero attached hydrogens (tertiary/aromatic N) is 1. The van der Waals surface area contributed by atoms with Gasteiger partial charge in [-0.25, -0.2) is 0 Å². The average Bonchev–Trinajstić information content (AvgIpc) is 2.42. The van der Waals surface area contributed by atoms with Gasteiger partial charge in [0.1, 0.15) is 0 Å². The minimum absolute atomic E-state index is 0.115.